The van der Waals surface area contributed by atoms with Crippen molar-refractivity contribution in [2.45, 2.75) is 33.7 Å². The van der Waals surface area contributed by atoms with E-state index in [-0.39, 0.29) is 27.8 Å². The van der Waals surface area contributed by atoms with Gasteiger partial charge in [-0.3, -0.25) is 4.79 Å². The van der Waals surface area contributed by atoms with Crippen LogP contribution >= 0.6 is 11.6 Å². The molecule has 1 unspecified atom stereocenters. The van der Waals surface area contributed by atoms with Gasteiger partial charge in [-0.25, -0.2) is 14.2 Å². The lowest BCUT2D eigenvalue weighted by Crippen LogP contribution is -2.14. The SMILES string of the molecule is Cc1cc(C(C)Nc2ccc(Cl)nc2C(=O)O)c2oc(-c3ccc(F)c(C)c3)c(C)c(=O)c2c1. The second kappa shape index (κ2) is 8.91. The second-order valence-corrected chi connectivity index (χ2v) is 8.67. The smallest absolute Gasteiger partial charge is 0.356 e. The number of aromatic nitrogens is 1. The van der Waals surface area contributed by atoms with Crippen molar-refractivity contribution in [1.29, 1.82) is 0 Å². The van der Waals surface area contributed by atoms with Gasteiger partial charge in [0.2, 0.25) is 0 Å². The lowest BCUT2D eigenvalue weighted by molar-refractivity contribution is 0.0691. The largest absolute Gasteiger partial charge is 0.476 e. The number of rotatable bonds is 5. The molecule has 0 aliphatic rings. The van der Waals surface area contributed by atoms with Gasteiger partial charge in [-0.1, -0.05) is 17.7 Å². The van der Waals surface area contributed by atoms with Crippen molar-refractivity contribution in [2.24, 2.45) is 0 Å². The summed E-state index contributed by atoms with van der Waals surface area (Å²) in [6.45, 7) is 7.03. The van der Waals surface area contributed by atoms with Crippen LogP contribution in [0.2, 0.25) is 5.15 Å². The summed E-state index contributed by atoms with van der Waals surface area (Å²) in [7, 11) is 0. The number of nitrogens with one attached hydrogen (secondary N) is 1. The molecule has 0 radical (unpaired) electrons. The van der Waals surface area contributed by atoms with E-state index in [0.717, 1.165) is 5.56 Å². The molecule has 0 fully saturated rings. The fourth-order valence-electron chi connectivity index (χ4n) is 3.98. The van der Waals surface area contributed by atoms with E-state index in [1.54, 1.807) is 38.1 Å². The van der Waals surface area contributed by atoms with E-state index in [2.05, 4.69) is 10.3 Å². The quantitative estimate of drug-likeness (QED) is 0.319. The van der Waals surface area contributed by atoms with Crippen LogP contribution in [0.4, 0.5) is 10.1 Å². The van der Waals surface area contributed by atoms with Gasteiger partial charge in [-0.05, 0) is 75.2 Å². The average molecular weight is 481 g/mol. The third kappa shape index (κ3) is 4.26. The molecule has 0 amide bonds. The first-order valence-electron chi connectivity index (χ1n) is 10.6. The summed E-state index contributed by atoms with van der Waals surface area (Å²) in [5, 5.41) is 13.1. The summed E-state index contributed by atoms with van der Waals surface area (Å²) in [6, 6.07) is 10.8. The van der Waals surface area contributed by atoms with Crippen LogP contribution in [0.25, 0.3) is 22.3 Å². The van der Waals surface area contributed by atoms with E-state index >= 15 is 0 Å². The number of benzene rings is 2. The summed E-state index contributed by atoms with van der Waals surface area (Å²) in [5.41, 5.74) is 3.23. The maximum absolute atomic E-state index is 13.8. The molecule has 6 nitrogen and oxygen atoms in total. The molecule has 0 spiro atoms. The molecule has 2 heterocycles. The zero-order chi connectivity index (χ0) is 24.7. The topological polar surface area (TPSA) is 92.4 Å². The molecule has 2 N–H and O–H groups in total. The molecule has 2 aromatic heterocycles. The van der Waals surface area contributed by atoms with Crippen LogP contribution in [0.5, 0.6) is 0 Å². The number of fused-ring (bicyclic) bond motifs is 1. The molecule has 0 bridgehead atoms. The predicted octanol–water partition coefficient (Wildman–Crippen LogP) is 6.44. The van der Waals surface area contributed by atoms with Crippen LogP contribution in [-0.2, 0) is 0 Å². The van der Waals surface area contributed by atoms with Crippen LogP contribution in [0.15, 0.2) is 51.7 Å². The maximum atomic E-state index is 13.8. The standard InChI is InChI=1S/C26H22ClFN2O4/c1-12-9-17(15(4)29-20-7-8-21(27)30-22(20)26(32)33)25-18(10-12)23(31)14(3)24(34-25)16-5-6-19(28)13(2)11-16/h5-11,15,29H,1-4H3,(H,32,33). The number of hydrogen-bond acceptors (Lipinski definition) is 5. The van der Waals surface area contributed by atoms with Gasteiger partial charge in [0.1, 0.15) is 22.3 Å². The van der Waals surface area contributed by atoms with Gasteiger partial charge in [0.25, 0.3) is 0 Å². The van der Waals surface area contributed by atoms with Gasteiger partial charge in [0, 0.05) is 16.7 Å². The molecule has 8 heteroatoms. The number of carbonyl (C=O) groups is 1. The molecule has 0 aliphatic heterocycles. The summed E-state index contributed by atoms with van der Waals surface area (Å²) < 4.78 is 20.1. The van der Waals surface area contributed by atoms with Crippen molar-refractivity contribution in [2.75, 3.05) is 5.32 Å². The van der Waals surface area contributed by atoms with Gasteiger partial charge in [0.05, 0.1) is 17.1 Å². The normalized spacial score (nSPS) is 12.1. The van der Waals surface area contributed by atoms with Gasteiger partial charge in [-0.15, -0.1) is 0 Å². The molecule has 0 saturated heterocycles. The van der Waals surface area contributed by atoms with Gasteiger partial charge in [0.15, 0.2) is 11.1 Å². The number of pyridine rings is 1. The maximum Gasteiger partial charge on any atom is 0.356 e. The Kier molecular flexibility index (Phi) is 6.15. The first-order valence-corrected chi connectivity index (χ1v) is 11.0. The van der Waals surface area contributed by atoms with E-state index < -0.39 is 12.0 Å². The van der Waals surface area contributed by atoms with Crippen LogP contribution in [0.1, 0.15) is 45.7 Å². The van der Waals surface area contributed by atoms with Crippen LogP contribution in [0, 0.1) is 26.6 Å². The first kappa shape index (κ1) is 23.4. The number of aryl methyl sites for hydroxylation is 2. The van der Waals surface area contributed by atoms with E-state index in [9.17, 15) is 19.1 Å². The number of nitrogens with zero attached hydrogens (tertiary/aromatic N) is 1. The highest BCUT2D eigenvalue weighted by Crippen LogP contribution is 2.33. The van der Waals surface area contributed by atoms with Crippen molar-refractivity contribution in [3.05, 3.63) is 91.6 Å². The lowest BCUT2D eigenvalue weighted by Gasteiger charge is -2.19. The highest BCUT2D eigenvalue weighted by atomic mass is 35.5. The Hall–Kier alpha value is -3.71. The Bertz CT molecular complexity index is 1510. The average Bonchev–Trinajstić information content (AvgIpc) is 2.79. The van der Waals surface area contributed by atoms with Crippen molar-refractivity contribution >= 4 is 34.2 Å². The van der Waals surface area contributed by atoms with Crippen molar-refractivity contribution in [3.8, 4) is 11.3 Å². The van der Waals surface area contributed by atoms with E-state index in [0.29, 0.717) is 39.0 Å². The molecule has 0 saturated carbocycles. The number of carboxylic acids is 1. The molecular weight excluding hydrogens is 459 g/mol. The minimum absolute atomic E-state index is 0.0670. The van der Waals surface area contributed by atoms with Crippen molar-refractivity contribution < 1.29 is 18.7 Å². The summed E-state index contributed by atoms with van der Waals surface area (Å²) in [5.74, 6) is -1.20. The molecule has 1 atom stereocenters. The Morgan fingerprint density at radius 3 is 2.56 bits per heavy atom. The van der Waals surface area contributed by atoms with Crippen LogP contribution in [0.3, 0.4) is 0 Å². The van der Waals surface area contributed by atoms with E-state index in [1.807, 2.05) is 19.9 Å². The van der Waals surface area contributed by atoms with Crippen molar-refractivity contribution in [3.63, 3.8) is 0 Å². The fourth-order valence-corrected chi connectivity index (χ4v) is 4.12. The Balaban J connectivity index is 1.89. The number of hydrogen-bond donors (Lipinski definition) is 2. The third-order valence-electron chi connectivity index (χ3n) is 5.71. The Labute approximate surface area is 200 Å². The van der Waals surface area contributed by atoms with Gasteiger partial charge in [-0.2, -0.15) is 0 Å². The monoisotopic (exact) mass is 480 g/mol. The summed E-state index contributed by atoms with van der Waals surface area (Å²) in [6.07, 6.45) is 0. The number of carboxylic acid groups (broad SMARTS) is 1. The Morgan fingerprint density at radius 2 is 1.88 bits per heavy atom. The molecule has 34 heavy (non-hydrogen) atoms. The fraction of sp³-hybridized carbons (Fsp3) is 0.192. The van der Waals surface area contributed by atoms with E-state index in [1.165, 1.54) is 12.1 Å². The molecule has 4 rings (SSSR count). The molecule has 4 aromatic rings. The first-order chi connectivity index (χ1) is 16.1. The molecule has 174 valence electrons. The predicted molar refractivity (Wildman–Crippen MR) is 130 cm³/mol. The second-order valence-electron chi connectivity index (χ2n) is 8.28. The number of halogens is 2. The highest BCUT2D eigenvalue weighted by Gasteiger charge is 2.21. The van der Waals surface area contributed by atoms with Gasteiger partial charge < -0.3 is 14.8 Å². The highest BCUT2D eigenvalue weighted by molar-refractivity contribution is 6.29. The summed E-state index contributed by atoms with van der Waals surface area (Å²) in [4.78, 5) is 28.8. The minimum atomic E-state index is -1.22. The van der Waals surface area contributed by atoms with Crippen LogP contribution in [-0.4, -0.2) is 16.1 Å². The zero-order valence-electron chi connectivity index (χ0n) is 19.0. The summed E-state index contributed by atoms with van der Waals surface area (Å²) >= 11 is 5.87. The number of anilines is 1. The molecule has 0 aliphatic carbocycles. The van der Waals surface area contributed by atoms with Gasteiger partial charge >= 0.3 is 5.97 Å². The van der Waals surface area contributed by atoms with Crippen molar-refractivity contribution in [1.82, 2.24) is 4.98 Å². The van der Waals surface area contributed by atoms with Crippen LogP contribution < -0.4 is 10.7 Å². The molecule has 2 aromatic carbocycles. The lowest BCUT2D eigenvalue weighted by atomic mass is 9.98. The Morgan fingerprint density at radius 1 is 1.15 bits per heavy atom. The van der Waals surface area contributed by atoms with E-state index in [4.69, 9.17) is 16.0 Å². The minimum Gasteiger partial charge on any atom is -0.476 e. The zero-order valence-corrected chi connectivity index (χ0v) is 19.7. The number of aromatic carboxylic acids is 1. The molecular formula is C26H22ClFN2O4. The third-order valence-corrected chi connectivity index (χ3v) is 5.92.